The maximum Gasteiger partial charge on any atom is 0.312 e. The molecule has 6 nitrogen and oxygen atoms in total. The molecule has 0 atom stereocenters. The minimum Gasteiger partial charge on any atom is -0.456 e. The minimum atomic E-state index is -0.561. The molecule has 12 fully saturated rings. The molecule has 0 radical (unpaired) electrons. The zero-order valence-corrected chi connectivity index (χ0v) is 29.1. The van der Waals surface area contributed by atoms with Crippen LogP contribution in [0, 0.1) is 70.0 Å². The Kier molecular flexibility index (Phi) is 7.17. The molecule has 12 bridgehead atoms. The van der Waals surface area contributed by atoms with Crippen molar-refractivity contribution in [2.45, 2.75) is 154 Å². The van der Waals surface area contributed by atoms with Crippen molar-refractivity contribution in [3.8, 4) is 0 Å². The molecule has 0 spiro atoms. The maximum atomic E-state index is 14.9. The normalized spacial score (nSPS) is 52.2. The highest BCUT2D eigenvalue weighted by Gasteiger charge is 2.68. The summed E-state index contributed by atoms with van der Waals surface area (Å²) in [7, 11) is 0. The van der Waals surface area contributed by atoms with Gasteiger partial charge in [0.2, 0.25) is 0 Å². The molecule has 0 aromatic carbocycles. The number of carbonyl (C=O) groups excluding carboxylic acids is 2. The molecule has 0 saturated heterocycles. The molecule has 6 heteroatoms. The number of rotatable bonds is 10. The third-order valence-corrected chi connectivity index (χ3v) is 15.8. The minimum absolute atomic E-state index is 0.00563. The highest BCUT2D eigenvalue weighted by atomic mass is 16.6. The van der Waals surface area contributed by atoms with E-state index >= 15 is 0 Å². The van der Waals surface area contributed by atoms with Crippen LogP contribution in [-0.2, 0) is 28.5 Å². The second-order valence-electron chi connectivity index (χ2n) is 19.5. The Morgan fingerprint density at radius 3 is 1.11 bits per heavy atom. The van der Waals surface area contributed by atoms with E-state index in [0.717, 1.165) is 55.8 Å². The monoisotopic (exact) mass is 636 g/mol. The van der Waals surface area contributed by atoms with E-state index < -0.39 is 22.0 Å². The van der Waals surface area contributed by atoms with Crippen LogP contribution >= 0.6 is 0 Å². The van der Waals surface area contributed by atoms with Gasteiger partial charge in [-0.15, -0.1) is 0 Å². The van der Waals surface area contributed by atoms with Crippen molar-refractivity contribution < 1.29 is 28.5 Å². The third-order valence-electron chi connectivity index (χ3n) is 15.8. The fourth-order valence-corrected chi connectivity index (χ4v) is 14.7. The predicted molar refractivity (Wildman–Crippen MR) is 173 cm³/mol. The summed E-state index contributed by atoms with van der Waals surface area (Å²) in [4.78, 5) is 29.8. The summed E-state index contributed by atoms with van der Waals surface area (Å²) in [5, 5.41) is 0. The molecule has 0 heterocycles. The smallest absolute Gasteiger partial charge is 0.312 e. The van der Waals surface area contributed by atoms with Crippen LogP contribution in [0.5, 0.6) is 0 Å². The van der Waals surface area contributed by atoms with E-state index in [2.05, 4.69) is 27.7 Å². The van der Waals surface area contributed by atoms with Gasteiger partial charge in [0.1, 0.15) is 11.2 Å². The van der Waals surface area contributed by atoms with Crippen molar-refractivity contribution in [3.05, 3.63) is 0 Å². The molecular weight excluding hydrogens is 576 g/mol. The Morgan fingerprint density at radius 2 is 0.804 bits per heavy atom. The number of carbonyl (C=O) groups is 2. The average molecular weight is 637 g/mol. The van der Waals surface area contributed by atoms with Crippen molar-refractivity contribution in [2.75, 3.05) is 13.2 Å². The number of ether oxygens (including phenoxy) is 4. The van der Waals surface area contributed by atoms with Crippen molar-refractivity contribution in [3.63, 3.8) is 0 Å². The number of esters is 2. The van der Waals surface area contributed by atoms with Gasteiger partial charge in [-0.1, -0.05) is 0 Å². The van der Waals surface area contributed by atoms with Crippen LogP contribution in [0.15, 0.2) is 0 Å². The first-order valence-electron chi connectivity index (χ1n) is 19.7. The SMILES string of the molecule is CC(C)OCC1(OC(=O)C23CC4CC(C2)CC(C(=O)OC2(COC(C)C)C5CC6CC(C5)CC2C6)(C4)C3)C2CC3CC(C2)CC1C3. The second-order valence-corrected chi connectivity index (χ2v) is 19.5. The van der Waals surface area contributed by atoms with E-state index in [-0.39, 0.29) is 24.1 Å². The zero-order valence-electron chi connectivity index (χ0n) is 29.1. The largest absolute Gasteiger partial charge is 0.456 e. The van der Waals surface area contributed by atoms with Gasteiger partial charge in [-0.3, -0.25) is 9.59 Å². The Labute approximate surface area is 277 Å². The van der Waals surface area contributed by atoms with Crippen LogP contribution in [0.3, 0.4) is 0 Å². The maximum absolute atomic E-state index is 14.9. The lowest BCUT2D eigenvalue weighted by Crippen LogP contribution is -2.66. The van der Waals surface area contributed by atoms with Gasteiger partial charge >= 0.3 is 11.9 Å². The average Bonchev–Trinajstić information content (AvgIpc) is 2.98. The molecule has 12 aliphatic rings. The first kappa shape index (κ1) is 30.9. The summed E-state index contributed by atoms with van der Waals surface area (Å²) in [6, 6.07) is 0. The summed E-state index contributed by atoms with van der Waals surface area (Å²) in [5.74, 6) is 5.66. The van der Waals surface area contributed by atoms with Crippen LogP contribution in [0.2, 0.25) is 0 Å². The quantitative estimate of drug-likeness (QED) is 0.227. The van der Waals surface area contributed by atoms with E-state index in [4.69, 9.17) is 18.9 Å². The van der Waals surface area contributed by atoms with Gasteiger partial charge < -0.3 is 18.9 Å². The molecule has 0 amide bonds. The van der Waals surface area contributed by atoms with Crippen molar-refractivity contribution in [1.82, 2.24) is 0 Å². The molecule has 0 unspecified atom stereocenters. The lowest BCUT2D eigenvalue weighted by atomic mass is 9.44. The second kappa shape index (κ2) is 10.7. The fourth-order valence-electron chi connectivity index (χ4n) is 14.7. The highest BCUT2D eigenvalue weighted by molar-refractivity contribution is 5.83. The van der Waals surface area contributed by atoms with Gasteiger partial charge in [0.15, 0.2) is 0 Å². The molecule has 0 aromatic heterocycles. The molecule has 256 valence electrons. The highest BCUT2D eigenvalue weighted by Crippen LogP contribution is 2.68. The third kappa shape index (κ3) is 4.67. The molecule has 12 saturated carbocycles. The molecule has 0 aliphatic heterocycles. The van der Waals surface area contributed by atoms with Gasteiger partial charge in [0, 0.05) is 23.7 Å². The zero-order chi connectivity index (χ0) is 31.6. The Morgan fingerprint density at radius 1 is 0.500 bits per heavy atom. The molecule has 0 N–H and O–H groups in total. The van der Waals surface area contributed by atoms with Crippen molar-refractivity contribution in [1.29, 1.82) is 0 Å². The number of hydrogen-bond acceptors (Lipinski definition) is 6. The van der Waals surface area contributed by atoms with Crippen LogP contribution in [0.25, 0.3) is 0 Å². The molecule has 0 aromatic rings. The summed E-state index contributed by atoms with van der Waals surface area (Å²) < 4.78 is 26.8. The molecule has 46 heavy (non-hydrogen) atoms. The summed E-state index contributed by atoms with van der Waals surface area (Å²) >= 11 is 0. The van der Waals surface area contributed by atoms with Crippen LogP contribution < -0.4 is 0 Å². The summed E-state index contributed by atoms with van der Waals surface area (Å²) in [5.41, 5.74) is -2.11. The van der Waals surface area contributed by atoms with E-state index in [1.807, 2.05) is 0 Å². The Hall–Kier alpha value is -1.14. The standard InChI is InChI=1S/C40H60O6/c1-23(2)43-21-39(31-8-25-5-26(10-31)11-32(39)9-25)45-35(41)37-16-29-7-30(17-37)19-38(18-29,20-37)36(42)46-40(22-44-24(3)4)33-12-27-6-28(14-33)15-34(40)13-27/h23-34H,5-22H2,1-4H3. The Bertz CT molecular complexity index is 1070. The summed E-state index contributed by atoms with van der Waals surface area (Å²) in [6.07, 6.45) is 17.7. The topological polar surface area (TPSA) is 71.1 Å². The van der Waals surface area contributed by atoms with Gasteiger partial charge in [0.05, 0.1) is 36.3 Å². The van der Waals surface area contributed by atoms with E-state index in [1.165, 1.54) is 64.2 Å². The van der Waals surface area contributed by atoms with Gasteiger partial charge in [-0.05, 0) is 166 Å². The first-order valence-corrected chi connectivity index (χ1v) is 19.7. The van der Waals surface area contributed by atoms with Crippen LogP contribution in [0.4, 0.5) is 0 Å². The molecule has 12 aliphatic carbocycles. The van der Waals surface area contributed by atoms with Crippen molar-refractivity contribution >= 4 is 11.9 Å². The fraction of sp³-hybridized carbons (Fsp3) is 0.950. The van der Waals surface area contributed by atoms with E-state index in [9.17, 15) is 9.59 Å². The first-order chi connectivity index (χ1) is 22.0. The van der Waals surface area contributed by atoms with Gasteiger partial charge in [0.25, 0.3) is 0 Å². The van der Waals surface area contributed by atoms with Crippen LogP contribution in [-0.4, -0.2) is 48.6 Å². The van der Waals surface area contributed by atoms with E-state index in [1.54, 1.807) is 0 Å². The lowest BCUT2D eigenvalue weighted by molar-refractivity contribution is -0.255. The molecule has 12 rings (SSSR count). The number of hydrogen-bond donors (Lipinski definition) is 0. The van der Waals surface area contributed by atoms with Crippen molar-refractivity contribution in [2.24, 2.45) is 70.0 Å². The van der Waals surface area contributed by atoms with E-state index in [0.29, 0.717) is 55.1 Å². The van der Waals surface area contributed by atoms with Gasteiger partial charge in [-0.25, -0.2) is 0 Å². The lowest BCUT2D eigenvalue weighted by Gasteiger charge is -2.64. The van der Waals surface area contributed by atoms with Crippen LogP contribution in [0.1, 0.15) is 130 Å². The predicted octanol–water partition coefficient (Wildman–Crippen LogP) is 7.90. The Balaban J connectivity index is 0.996. The van der Waals surface area contributed by atoms with Gasteiger partial charge in [-0.2, -0.15) is 0 Å². The molecular formula is C40H60O6. The summed E-state index contributed by atoms with van der Waals surface area (Å²) in [6.45, 7) is 9.46.